The summed E-state index contributed by atoms with van der Waals surface area (Å²) in [5.41, 5.74) is 4.49. The summed E-state index contributed by atoms with van der Waals surface area (Å²) in [5, 5.41) is 10.3. The molecule has 0 aromatic rings. The number of rotatable bonds is 5. The molecule has 30 heavy (non-hydrogen) atoms. The van der Waals surface area contributed by atoms with Crippen LogP contribution in [0.25, 0.3) is 0 Å². The van der Waals surface area contributed by atoms with Gasteiger partial charge in [-0.3, -0.25) is 0 Å². The second-order valence-electron chi connectivity index (χ2n) is 12.4. The molecule has 1 N–H and O–H groups in total. The Labute approximate surface area is 186 Å². The maximum Gasteiger partial charge on any atom is 0.0543 e. The molecule has 0 heterocycles. The lowest BCUT2D eigenvalue weighted by Gasteiger charge is -2.57. The number of fused-ring (bicyclic) bond motifs is 5. The van der Waals surface area contributed by atoms with Crippen LogP contribution in [-0.4, -0.2) is 11.2 Å². The van der Waals surface area contributed by atoms with E-state index >= 15 is 0 Å². The van der Waals surface area contributed by atoms with Crippen LogP contribution in [0.2, 0.25) is 0 Å². The van der Waals surface area contributed by atoms with Crippen molar-refractivity contribution in [3.63, 3.8) is 0 Å². The van der Waals surface area contributed by atoms with E-state index < -0.39 is 0 Å². The van der Waals surface area contributed by atoms with Gasteiger partial charge in [-0.2, -0.15) is 0 Å². The van der Waals surface area contributed by atoms with Gasteiger partial charge in [0.25, 0.3) is 0 Å². The van der Waals surface area contributed by atoms with Crippen molar-refractivity contribution < 1.29 is 5.11 Å². The highest BCUT2D eigenvalue weighted by atomic mass is 16.3. The Kier molecular flexibility index (Phi) is 6.35. The fraction of sp³-hybridized carbons (Fsp3) is 0.862. The van der Waals surface area contributed by atoms with Crippen LogP contribution in [0.1, 0.15) is 106 Å². The van der Waals surface area contributed by atoms with Gasteiger partial charge in [0, 0.05) is 0 Å². The minimum atomic E-state index is -0.0449. The number of allylic oxidation sites excluding steroid dienone is 4. The van der Waals surface area contributed by atoms with E-state index in [4.69, 9.17) is 0 Å². The van der Waals surface area contributed by atoms with E-state index in [1.54, 1.807) is 5.57 Å². The van der Waals surface area contributed by atoms with Crippen LogP contribution in [0.4, 0.5) is 0 Å². The Morgan fingerprint density at radius 2 is 1.77 bits per heavy atom. The molecule has 4 aliphatic rings. The molecule has 0 bridgehead atoms. The van der Waals surface area contributed by atoms with E-state index in [0.29, 0.717) is 22.7 Å². The third-order valence-corrected chi connectivity index (χ3v) is 10.8. The lowest BCUT2D eigenvalue weighted by atomic mass is 9.47. The van der Waals surface area contributed by atoms with Gasteiger partial charge in [0.2, 0.25) is 0 Å². The van der Waals surface area contributed by atoms with Gasteiger partial charge in [-0.05, 0) is 117 Å². The van der Waals surface area contributed by atoms with Gasteiger partial charge in [0.1, 0.15) is 0 Å². The van der Waals surface area contributed by atoms with Gasteiger partial charge in [-0.25, -0.2) is 0 Å². The fourth-order valence-electron chi connectivity index (χ4n) is 8.83. The van der Waals surface area contributed by atoms with Gasteiger partial charge in [0.15, 0.2) is 0 Å². The molecule has 3 saturated carbocycles. The quantitative estimate of drug-likeness (QED) is 0.454. The summed E-state index contributed by atoms with van der Waals surface area (Å²) in [7, 11) is 0. The fourth-order valence-corrected chi connectivity index (χ4v) is 8.83. The zero-order chi connectivity index (χ0) is 21.7. The van der Waals surface area contributed by atoms with E-state index in [1.165, 1.54) is 51.4 Å². The number of hydrogen-bond acceptors (Lipinski definition) is 1. The summed E-state index contributed by atoms with van der Waals surface area (Å²) in [5.74, 6) is 4.77. The first-order valence-corrected chi connectivity index (χ1v) is 13.2. The highest BCUT2D eigenvalue weighted by molar-refractivity contribution is 5.27. The number of aliphatic hydroxyl groups excluding tert-OH is 1. The average molecular weight is 413 g/mol. The van der Waals surface area contributed by atoms with Crippen LogP contribution in [0.15, 0.2) is 23.3 Å². The van der Waals surface area contributed by atoms with Crippen molar-refractivity contribution in [2.75, 3.05) is 0 Å². The summed E-state index contributed by atoms with van der Waals surface area (Å²) in [6.45, 7) is 14.7. The van der Waals surface area contributed by atoms with Crippen LogP contribution in [-0.2, 0) is 0 Å². The van der Waals surface area contributed by atoms with E-state index in [2.05, 4.69) is 53.7 Å². The summed E-state index contributed by atoms with van der Waals surface area (Å²) >= 11 is 0. The maximum absolute atomic E-state index is 10.3. The van der Waals surface area contributed by atoms with Crippen molar-refractivity contribution >= 4 is 0 Å². The number of hydrogen-bond donors (Lipinski definition) is 1. The molecule has 1 unspecified atom stereocenters. The van der Waals surface area contributed by atoms with Gasteiger partial charge in [0.05, 0.1) is 6.10 Å². The molecule has 4 rings (SSSR count). The molecule has 1 nitrogen and oxygen atoms in total. The van der Waals surface area contributed by atoms with Crippen molar-refractivity contribution in [2.24, 2.45) is 46.3 Å². The summed E-state index contributed by atoms with van der Waals surface area (Å²) in [4.78, 5) is 0. The lowest BCUT2D eigenvalue weighted by Crippen LogP contribution is -2.49. The van der Waals surface area contributed by atoms with Crippen molar-refractivity contribution in [2.45, 2.75) is 112 Å². The highest BCUT2D eigenvalue weighted by Crippen LogP contribution is 2.67. The lowest BCUT2D eigenvalue weighted by molar-refractivity contribution is -0.0427. The Hall–Kier alpha value is -0.560. The first-order chi connectivity index (χ1) is 14.2. The minimum absolute atomic E-state index is 0.0449. The van der Waals surface area contributed by atoms with Crippen LogP contribution in [0.5, 0.6) is 0 Å². The topological polar surface area (TPSA) is 20.2 Å². The Bertz CT molecular complexity index is 686. The van der Waals surface area contributed by atoms with E-state index in [-0.39, 0.29) is 6.10 Å². The minimum Gasteiger partial charge on any atom is -0.393 e. The Morgan fingerprint density at radius 3 is 2.47 bits per heavy atom. The largest absolute Gasteiger partial charge is 0.393 e. The Balaban J connectivity index is 1.50. The van der Waals surface area contributed by atoms with Crippen molar-refractivity contribution in [3.8, 4) is 0 Å². The van der Waals surface area contributed by atoms with Crippen molar-refractivity contribution in [1.82, 2.24) is 0 Å². The van der Waals surface area contributed by atoms with Crippen LogP contribution in [0.3, 0.4) is 0 Å². The first kappa shape index (κ1) is 22.6. The second-order valence-corrected chi connectivity index (χ2v) is 12.4. The van der Waals surface area contributed by atoms with E-state index in [1.807, 2.05) is 5.57 Å². The Morgan fingerprint density at radius 1 is 1.07 bits per heavy atom. The molecule has 4 aliphatic carbocycles. The molecule has 0 saturated heterocycles. The molecule has 0 aliphatic heterocycles. The molecule has 0 spiro atoms. The predicted octanol–water partition coefficient (Wildman–Crippen LogP) is 7.94. The van der Waals surface area contributed by atoms with Crippen molar-refractivity contribution in [3.05, 3.63) is 23.3 Å². The molecular formula is C29H48O. The normalized spacial score (nSPS) is 44.9. The van der Waals surface area contributed by atoms with Gasteiger partial charge >= 0.3 is 0 Å². The SMILES string of the molecule is C/C=C(/CC[C@@H](C)[C@H]1CC[C@H]2C3=CC[C@H]4C[C@@H](O)CC[C@]4(C)C3CC[C@]12C)C(C)C. The molecule has 3 fully saturated rings. The van der Waals surface area contributed by atoms with Gasteiger partial charge in [-0.15, -0.1) is 0 Å². The van der Waals surface area contributed by atoms with Crippen LogP contribution < -0.4 is 0 Å². The molecule has 0 amide bonds. The monoisotopic (exact) mass is 412 g/mol. The van der Waals surface area contributed by atoms with Crippen LogP contribution in [0, 0.1) is 46.3 Å². The molecule has 0 radical (unpaired) electrons. The second kappa shape index (κ2) is 8.42. The average Bonchev–Trinajstić information content (AvgIpc) is 3.06. The van der Waals surface area contributed by atoms with E-state index in [0.717, 1.165) is 36.5 Å². The first-order valence-electron chi connectivity index (χ1n) is 13.2. The zero-order valence-electron chi connectivity index (χ0n) is 20.7. The summed E-state index contributed by atoms with van der Waals surface area (Å²) in [6, 6.07) is 0. The van der Waals surface area contributed by atoms with E-state index in [9.17, 15) is 5.11 Å². The van der Waals surface area contributed by atoms with Crippen LogP contribution >= 0.6 is 0 Å². The third kappa shape index (κ3) is 3.66. The number of aliphatic hydroxyl groups is 1. The molecular weight excluding hydrogens is 364 g/mol. The predicted molar refractivity (Wildman–Crippen MR) is 128 cm³/mol. The van der Waals surface area contributed by atoms with Gasteiger partial charge in [-0.1, -0.05) is 57.9 Å². The molecule has 8 atom stereocenters. The summed E-state index contributed by atoms with van der Waals surface area (Å²) in [6.07, 6.45) is 17.9. The molecule has 170 valence electrons. The molecule has 0 aromatic heterocycles. The van der Waals surface area contributed by atoms with Gasteiger partial charge < -0.3 is 5.11 Å². The molecule has 1 heteroatoms. The van der Waals surface area contributed by atoms with Crippen molar-refractivity contribution in [1.29, 1.82) is 0 Å². The zero-order valence-corrected chi connectivity index (χ0v) is 20.7. The molecule has 0 aromatic carbocycles. The highest BCUT2D eigenvalue weighted by Gasteiger charge is 2.58. The summed E-state index contributed by atoms with van der Waals surface area (Å²) < 4.78 is 0. The third-order valence-electron chi connectivity index (χ3n) is 10.8. The standard InChI is InChI=1S/C29H48O/c1-7-21(19(2)3)9-8-20(4)25-12-13-26-24-11-10-22-18-23(30)14-16-28(22,5)27(24)15-17-29(25,26)6/h7,11,19-20,22-23,25-27,30H,8-10,12-18H2,1-6H3/b21-7-/t20-,22+,23+,25-,26+,27?,28+,29-/m1/s1. The maximum atomic E-state index is 10.3. The smallest absolute Gasteiger partial charge is 0.0543 e.